The Morgan fingerprint density at radius 3 is 1.63 bits per heavy atom. The summed E-state index contributed by atoms with van der Waals surface area (Å²) in [4.78, 5) is 11.6. The van der Waals surface area contributed by atoms with E-state index >= 15 is 0 Å². The second-order valence-electron chi connectivity index (χ2n) is 9.07. The van der Waals surface area contributed by atoms with Crippen LogP contribution in [0.2, 0.25) is 0 Å². The summed E-state index contributed by atoms with van der Waals surface area (Å²) in [6, 6.07) is 37.3. The van der Waals surface area contributed by atoms with Crippen LogP contribution in [0.1, 0.15) is 22.3 Å². The van der Waals surface area contributed by atoms with Crippen LogP contribution in [0.15, 0.2) is 114 Å². The first-order valence-electron chi connectivity index (χ1n) is 11.5. The molecule has 0 saturated carbocycles. The van der Waals surface area contributed by atoms with Gasteiger partial charge in [0, 0.05) is 10.5 Å². The number of fused-ring (bicyclic) bond motifs is 10. The molecule has 0 atom stereocenters. The van der Waals surface area contributed by atoms with Crippen LogP contribution in [0.5, 0.6) is 0 Å². The molecule has 0 saturated heterocycles. The van der Waals surface area contributed by atoms with Crippen LogP contribution >= 0.6 is 15.9 Å². The van der Waals surface area contributed by atoms with E-state index in [-0.39, 0.29) is 10.6 Å². The highest BCUT2D eigenvalue weighted by Crippen LogP contribution is 2.63. The largest absolute Gasteiger partial charge is 0.277 e. The van der Waals surface area contributed by atoms with E-state index in [2.05, 4.69) is 101 Å². The van der Waals surface area contributed by atoms with Crippen molar-refractivity contribution in [2.24, 2.45) is 0 Å². The molecule has 4 heteroatoms. The maximum absolute atomic E-state index is 11.9. The third-order valence-electron chi connectivity index (χ3n) is 7.46. The van der Waals surface area contributed by atoms with Crippen LogP contribution in [-0.2, 0) is 5.41 Å². The minimum Gasteiger partial charge on any atom is -0.258 e. The highest BCUT2D eigenvalue weighted by Gasteiger charge is 2.51. The van der Waals surface area contributed by atoms with Gasteiger partial charge < -0.3 is 0 Å². The number of rotatable bonds is 2. The lowest BCUT2D eigenvalue weighted by atomic mass is 9.70. The van der Waals surface area contributed by atoms with Crippen molar-refractivity contribution >= 4 is 21.6 Å². The molecule has 7 rings (SSSR count). The molecule has 2 aliphatic carbocycles. The maximum atomic E-state index is 11.9. The predicted molar refractivity (Wildman–Crippen MR) is 143 cm³/mol. The molecule has 0 fully saturated rings. The molecule has 0 N–H and O–H groups in total. The summed E-state index contributed by atoms with van der Waals surface area (Å²) < 4.78 is 0.813. The summed E-state index contributed by atoms with van der Waals surface area (Å²) in [6.07, 6.45) is 0. The van der Waals surface area contributed by atoms with Crippen molar-refractivity contribution in [1.82, 2.24) is 0 Å². The van der Waals surface area contributed by atoms with Gasteiger partial charge in [-0.15, -0.1) is 0 Å². The van der Waals surface area contributed by atoms with Gasteiger partial charge in [0.15, 0.2) is 0 Å². The van der Waals surface area contributed by atoms with Crippen LogP contribution in [0.3, 0.4) is 0 Å². The molecule has 0 radical (unpaired) electrons. The highest BCUT2D eigenvalue weighted by atomic mass is 79.9. The molecule has 3 nitrogen and oxygen atoms in total. The molecule has 0 unspecified atom stereocenters. The van der Waals surface area contributed by atoms with Gasteiger partial charge in [0.05, 0.1) is 15.9 Å². The fourth-order valence-electron chi connectivity index (χ4n) is 6.16. The van der Waals surface area contributed by atoms with Crippen LogP contribution in [-0.4, -0.2) is 4.92 Å². The third kappa shape index (κ3) is 2.60. The smallest absolute Gasteiger partial charge is 0.258 e. The number of halogens is 1. The molecular weight excluding hydrogens is 498 g/mol. The van der Waals surface area contributed by atoms with Gasteiger partial charge in [-0.25, -0.2) is 0 Å². The summed E-state index contributed by atoms with van der Waals surface area (Å²) in [5.41, 5.74) is 10.9. The Bertz CT molecular complexity index is 1640. The van der Waals surface area contributed by atoms with Gasteiger partial charge >= 0.3 is 0 Å². The van der Waals surface area contributed by atoms with Gasteiger partial charge in [-0.3, -0.25) is 10.1 Å². The number of benzene rings is 5. The van der Waals surface area contributed by atoms with E-state index in [4.69, 9.17) is 0 Å². The zero-order valence-electron chi connectivity index (χ0n) is 18.5. The zero-order valence-corrected chi connectivity index (χ0v) is 20.1. The van der Waals surface area contributed by atoms with Crippen molar-refractivity contribution in [3.05, 3.63) is 146 Å². The molecular formula is C31H18BrNO2. The average Bonchev–Trinajstić information content (AvgIpc) is 3.35. The SMILES string of the molecule is O=[N+]([O-])c1ccc(Br)cc1-c1ccc2c(c1)C1(c3ccccc3-c3ccccc31)c1ccccc1-2. The molecule has 35 heavy (non-hydrogen) atoms. The molecule has 0 heterocycles. The highest BCUT2D eigenvalue weighted by molar-refractivity contribution is 9.10. The number of hydrogen-bond acceptors (Lipinski definition) is 2. The van der Waals surface area contributed by atoms with Gasteiger partial charge in [-0.05, 0) is 68.3 Å². The van der Waals surface area contributed by atoms with Crippen molar-refractivity contribution < 1.29 is 4.92 Å². The summed E-state index contributed by atoms with van der Waals surface area (Å²) in [5, 5.41) is 11.9. The molecule has 5 aromatic carbocycles. The molecule has 0 aromatic heterocycles. The molecule has 166 valence electrons. The van der Waals surface area contributed by atoms with Crippen molar-refractivity contribution in [2.75, 3.05) is 0 Å². The zero-order chi connectivity index (χ0) is 23.7. The van der Waals surface area contributed by atoms with E-state index < -0.39 is 5.41 Å². The second-order valence-corrected chi connectivity index (χ2v) is 9.98. The van der Waals surface area contributed by atoms with Gasteiger partial charge in [0.1, 0.15) is 0 Å². The van der Waals surface area contributed by atoms with Gasteiger partial charge in [0.2, 0.25) is 0 Å². The second kappa shape index (κ2) is 7.24. The van der Waals surface area contributed by atoms with E-state index in [1.165, 1.54) is 44.5 Å². The molecule has 5 aromatic rings. The lowest BCUT2D eigenvalue weighted by molar-refractivity contribution is -0.384. The minimum atomic E-state index is -0.462. The quantitative estimate of drug-likeness (QED) is 0.171. The van der Waals surface area contributed by atoms with Gasteiger partial charge in [0.25, 0.3) is 5.69 Å². The summed E-state index contributed by atoms with van der Waals surface area (Å²) in [7, 11) is 0. The van der Waals surface area contributed by atoms with E-state index in [0.717, 1.165) is 10.0 Å². The number of nitro benzene ring substituents is 1. The molecule has 2 aliphatic rings. The number of nitro groups is 1. The van der Waals surface area contributed by atoms with Crippen LogP contribution in [0, 0.1) is 10.1 Å². The summed E-state index contributed by atoms with van der Waals surface area (Å²) in [6.45, 7) is 0. The predicted octanol–water partition coefficient (Wildman–Crippen LogP) is 8.37. The average molecular weight is 516 g/mol. The Balaban J connectivity index is 1.61. The van der Waals surface area contributed by atoms with Crippen molar-refractivity contribution in [2.45, 2.75) is 5.41 Å². The Hall–Kier alpha value is -4.02. The van der Waals surface area contributed by atoms with Crippen molar-refractivity contribution in [1.29, 1.82) is 0 Å². The first kappa shape index (κ1) is 20.4. The van der Waals surface area contributed by atoms with Crippen molar-refractivity contribution in [3.63, 3.8) is 0 Å². The topological polar surface area (TPSA) is 43.1 Å². The fourth-order valence-corrected chi connectivity index (χ4v) is 6.52. The van der Waals surface area contributed by atoms with Crippen LogP contribution in [0.4, 0.5) is 5.69 Å². The first-order valence-corrected chi connectivity index (χ1v) is 12.3. The van der Waals surface area contributed by atoms with E-state index in [0.29, 0.717) is 5.56 Å². The van der Waals surface area contributed by atoms with E-state index in [9.17, 15) is 10.1 Å². The Morgan fingerprint density at radius 1 is 0.571 bits per heavy atom. The van der Waals surface area contributed by atoms with E-state index in [1.54, 1.807) is 12.1 Å². The van der Waals surface area contributed by atoms with E-state index in [1.807, 2.05) is 12.1 Å². The first-order chi connectivity index (χ1) is 17.1. The lowest BCUT2D eigenvalue weighted by Gasteiger charge is -2.30. The monoisotopic (exact) mass is 515 g/mol. The normalized spacial score (nSPS) is 13.7. The third-order valence-corrected chi connectivity index (χ3v) is 7.96. The number of hydrogen-bond donors (Lipinski definition) is 0. The van der Waals surface area contributed by atoms with Gasteiger partial charge in [-0.1, -0.05) is 101 Å². The maximum Gasteiger partial charge on any atom is 0.277 e. The number of nitrogens with zero attached hydrogens (tertiary/aromatic N) is 1. The van der Waals surface area contributed by atoms with Gasteiger partial charge in [-0.2, -0.15) is 0 Å². The molecule has 0 bridgehead atoms. The fraction of sp³-hybridized carbons (Fsp3) is 0.0323. The van der Waals surface area contributed by atoms with Crippen LogP contribution in [0.25, 0.3) is 33.4 Å². The Morgan fingerprint density at radius 2 is 1.09 bits per heavy atom. The lowest BCUT2D eigenvalue weighted by Crippen LogP contribution is -2.25. The summed E-state index contributed by atoms with van der Waals surface area (Å²) in [5.74, 6) is 0. The molecule has 1 spiro atoms. The van der Waals surface area contributed by atoms with Crippen molar-refractivity contribution in [3.8, 4) is 33.4 Å². The Kier molecular flexibility index (Phi) is 4.21. The Labute approximate surface area is 211 Å². The molecule has 0 aliphatic heterocycles. The standard InChI is InChI=1S/C31H18BrNO2/c32-20-14-16-30(33(34)35)25(18-20)19-13-15-24-23-9-3-6-12-28(23)31(29(24)17-19)26-10-4-1-7-21(26)22-8-2-5-11-27(22)31/h1-18H. The summed E-state index contributed by atoms with van der Waals surface area (Å²) >= 11 is 3.51. The minimum absolute atomic E-state index is 0.102. The molecule has 0 amide bonds. The van der Waals surface area contributed by atoms with Crippen LogP contribution < -0.4 is 0 Å².